The molecule has 2 aromatic rings. The average molecular weight is 289 g/mol. The van der Waals surface area contributed by atoms with Gasteiger partial charge in [-0.05, 0) is 25.0 Å². The summed E-state index contributed by atoms with van der Waals surface area (Å²) in [5.74, 6) is -0.774. The second-order valence-corrected chi connectivity index (χ2v) is 5.50. The van der Waals surface area contributed by atoms with Gasteiger partial charge in [0.15, 0.2) is 0 Å². The number of aliphatic carboxylic acids is 1. The van der Waals surface area contributed by atoms with E-state index in [1.165, 1.54) is 11.3 Å². The van der Waals surface area contributed by atoms with Crippen molar-refractivity contribution in [3.05, 3.63) is 57.8 Å². The van der Waals surface area contributed by atoms with E-state index in [1.54, 1.807) is 0 Å². The fraction of sp³-hybridized carbons (Fsp3) is 0.200. The van der Waals surface area contributed by atoms with Crippen molar-refractivity contribution in [2.45, 2.75) is 19.3 Å². The highest BCUT2D eigenvalue weighted by molar-refractivity contribution is 7.14. The monoisotopic (exact) mass is 289 g/mol. The average Bonchev–Trinajstić information content (AvgIpc) is 2.89. The summed E-state index contributed by atoms with van der Waals surface area (Å²) in [6.07, 6.45) is 1.52. The zero-order valence-electron chi connectivity index (χ0n) is 10.8. The van der Waals surface area contributed by atoms with Gasteiger partial charge in [0.2, 0.25) is 0 Å². The largest absolute Gasteiger partial charge is 0.481 e. The molecule has 0 fully saturated rings. The minimum atomic E-state index is -0.774. The molecular formula is C15H15NO3S. The molecule has 2 rings (SSSR count). The molecule has 0 saturated carbocycles. The smallest absolute Gasteiger partial charge is 0.303 e. The van der Waals surface area contributed by atoms with Crippen molar-refractivity contribution in [3.8, 4) is 0 Å². The van der Waals surface area contributed by atoms with E-state index >= 15 is 0 Å². The van der Waals surface area contributed by atoms with Crippen molar-refractivity contribution in [2.75, 3.05) is 0 Å². The first-order valence-corrected chi connectivity index (χ1v) is 7.10. The third-order valence-corrected chi connectivity index (χ3v) is 4.01. The molecule has 0 aliphatic rings. The Balaban J connectivity index is 2.09. The maximum atomic E-state index is 10.5. The van der Waals surface area contributed by atoms with Gasteiger partial charge >= 0.3 is 5.97 Å². The molecule has 0 amide bonds. The second-order valence-electron chi connectivity index (χ2n) is 4.33. The molecule has 4 nitrogen and oxygen atoms in total. The van der Waals surface area contributed by atoms with E-state index in [4.69, 9.17) is 5.11 Å². The standard InChI is InChI=1S/C15H15NO3S/c17-14(18)8-4-7-12-9-10-13(20-12)15(16-19)11-5-2-1-3-6-11/h1-3,5-6,9-10,19H,4,7-8H2,(H,17,18)/b16-15-. The normalized spacial score (nSPS) is 11.5. The molecule has 1 aromatic heterocycles. The van der Waals surface area contributed by atoms with Crippen LogP contribution in [0.3, 0.4) is 0 Å². The maximum Gasteiger partial charge on any atom is 0.303 e. The summed E-state index contributed by atoms with van der Waals surface area (Å²) in [6, 6.07) is 13.3. The Kier molecular flexibility index (Phi) is 4.90. The molecule has 104 valence electrons. The number of oxime groups is 1. The first-order chi connectivity index (χ1) is 9.70. The summed E-state index contributed by atoms with van der Waals surface area (Å²) in [4.78, 5) is 12.5. The molecule has 1 heterocycles. The van der Waals surface area contributed by atoms with E-state index in [9.17, 15) is 10.0 Å². The lowest BCUT2D eigenvalue weighted by atomic mass is 10.1. The molecule has 5 heteroatoms. The summed E-state index contributed by atoms with van der Waals surface area (Å²) in [5, 5.41) is 21.2. The van der Waals surface area contributed by atoms with Gasteiger partial charge < -0.3 is 10.3 Å². The molecular weight excluding hydrogens is 274 g/mol. The van der Waals surface area contributed by atoms with Crippen LogP contribution in [-0.2, 0) is 11.2 Å². The quantitative estimate of drug-likeness (QED) is 0.486. The fourth-order valence-corrected chi connectivity index (χ4v) is 2.96. The second kappa shape index (κ2) is 6.86. The summed E-state index contributed by atoms with van der Waals surface area (Å²) in [6.45, 7) is 0. The van der Waals surface area contributed by atoms with Crippen LogP contribution in [0.15, 0.2) is 47.6 Å². The Hall–Kier alpha value is -2.14. The SMILES string of the molecule is O=C(O)CCCc1ccc(/C(=N\O)c2ccccc2)s1. The van der Waals surface area contributed by atoms with Gasteiger partial charge in [-0.1, -0.05) is 35.5 Å². The van der Waals surface area contributed by atoms with Crippen LogP contribution >= 0.6 is 11.3 Å². The predicted molar refractivity (Wildman–Crippen MR) is 78.8 cm³/mol. The number of carbonyl (C=O) groups is 1. The Morgan fingerprint density at radius 1 is 1.15 bits per heavy atom. The number of aryl methyl sites for hydroxylation is 1. The molecule has 0 saturated heterocycles. The van der Waals surface area contributed by atoms with Gasteiger partial charge in [-0.15, -0.1) is 11.3 Å². The topological polar surface area (TPSA) is 69.9 Å². The molecule has 0 radical (unpaired) electrons. The minimum absolute atomic E-state index is 0.173. The van der Waals surface area contributed by atoms with Gasteiger partial charge in [-0.3, -0.25) is 4.79 Å². The van der Waals surface area contributed by atoms with Crippen LogP contribution in [0.2, 0.25) is 0 Å². The lowest BCUT2D eigenvalue weighted by molar-refractivity contribution is -0.137. The van der Waals surface area contributed by atoms with Gasteiger partial charge in [0.1, 0.15) is 5.71 Å². The number of benzene rings is 1. The highest BCUT2D eigenvalue weighted by Gasteiger charge is 2.10. The van der Waals surface area contributed by atoms with Crippen LogP contribution in [0.4, 0.5) is 0 Å². The van der Waals surface area contributed by atoms with Crippen LogP contribution in [0.1, 0.15) is 28.2 Å². The van der Waals surface area contributed by atoms with Crippen LogP contribution in [-0.4, -0.2) is 22.0 Å². The van der Waals surface area contributed by atoms with Crippen LogP contribution < -0.4 is 0 Å². The Labute approximate surface area is 121 Å². The molecule has 1 aromatic carbocycles. The van der Waals surface area contributed by atoms with E-state index in [2.05, 4.69) is 5.16 Å². The molecule has 20 heavy (non-hydrogen) atoms. The van der Waals surface area contributed by atoms with Crippen molar-refractivity contribution in [1.29, 1.82) is 0 Å². The van der Waals surface area contributed by atoms with Crippen molar-refractivity contribution in [1.82, 2.24) is 0 Å². The highest BCUT2D eigenvalue weighted by Crippen LogP contribution is 2.22. The number of hydrogen-bond donors (Lipinski definition) is 2. The third-order valence-electron chi connectivity index (χ3n) is 2.86. The predicted octanol–water partition coefficient (Wildman–Crippen LogP) is 3.38. The van der Waals surface area contributed by atoms with E-state index in [0.29, 0.717) is 12.1 Å². The Morgan fingerprint density at radius 2 is 1.90 bits per heavy atom. The van der Waals surface area contributed by atoms with Crippen molar-refractivity contribution in [3.63, 3.8) is 0 Å². The van der Waals surface area contributed by atoms with E-state index in [0.717, 1.165) is 21.7 Å². The molecule has 0 atom stereocenters. The van der Waals surface area contributed by atoms with Gasteiger partial charge in [-0.25, -0.2) is 0 Å². The number of carboxylic acid groups (broad SMARTS) is 1. The number of carboxylic acids is 1. The minimum Gasteiger partial charge on any atom is -0.481 e. The van der Waals surface area contributed by atoms with E-state index < -0.39 is 5.97 Å². The van der Waals surface area contributed by atoms with Crippen LogP contribution in [0, 0.1) is 0 Å². The molecule has 0 aliphatic heterocycles. The van der Waals surface area contributed by atoms with Gasteiger partial charge in [-0.2, -0.15) is 0 Å². The summed E-state index contributed by atoms with van der Waals surface area (Å²) >= 11 is 1.53. The Bertz CT molecular complexity index is 605. The molecule has 0 unspecified atom stereocenters. The summed E-state index contributed by atoms with van der Waals surface area (Å²) < 4.78 is 0. The molecule has 0 aliphatic carbocycles. The zero-order chi connectivity index (χ0) is 14.4. The summed E-state index contributed by atoms with van der Waals surface area (Å²) in [7, 11) is 0. The van der Waals surface area contributed by atoms with Crippen molar-refractivity contribution < 1.29 is 15.1 Å². The molecule has 2 N–H and O–H groups in total. The molecule has 0 bridgehead atoms. The lowest BCUT2D eigenvalue weighted by Gasteiger charge is -2.01. The number of rotatable bonds is 6. The number of hydrogen-bond acceptors (Lipinski definition) is 4. The van der Waals surface area contributed by atoms with Crippen LogP contribution in [0.25, 0.3) is 0 Å². The maximum absolute atomic E-state index is 10.5. The lowest BCUT2D eigenvalue weighted by Crippen LogP contribution is -2.00. The van der Waals surface area contributed by atoms with E-state index in [1.807, 2.05) is 42.5 Å². The number of thiophene rings is 1. The first-order valence-electron chi connectivity index (χ1n) is 6.29. The Morgan fingerprint density at radius 3 is 2.55 bits per heavy atom. The number of nitrogens with zero attached hydrogens (tertiary/aromatic N) is 1. The van der Waals surface area contributed by atoms with Crippen molar-refractivity contribution >= 4 is 23.0 Å². The highest BCUT2D eigenvalue weighted by atomic mass is 32.1. The van der Waals surface area contributed by atoms with Gasteiger partial charge in [0.05, 0.1) is 4.88 Å². The van der Waals surface area contributed by atoms with Gasteiger partial charge in [0, 0.05) is 16.9 Å². The van der Waals surface area contributed by atoms with Gasteiger partial charge in [0.25, 0.3) is 0 Å². The van der Waals surface area contributed by atoms with Crippen molar-refractivity contribution in [2.24, 2.45) is 5.16 Å². The first kappa shape index (κ1) is 14.3. The summed E-state index contributed by atoms with van der Waals surface area (Å²) in [5.41, 5.74) is 1.40. The zero-order valence-corrected chi connectivity index (χ0v) is 11.6. The van der Waals surface area contributed by atoms with Crippen LogP contribution in [0.5, 0.6) is 0 Å². The molecule has 0 spiro atoms. The fourth-order valence-electron chi connectivity index (χ4n) is 1.90. The van der Waals surface area contributed by atoms with E-state index in [-0.39, 0.29) is 6.42 Å². The third kappa shape index (κ3) is 3.68.